The summed E-state index contributed by atoms with van der Waals surface area (Å²) in [4.78, 5) is 0. The zero-order valence-electron chi connectivity index (χ0n) is 20.0. The van der Waals surface area contributed by atoms with Crippen molar-refractivity contribution in [2.45, 2.75) is 83.1 Å². The molecule has 0 fully saturated rings. The van der Waals surface area contributed by atoms with E-state index in [1.807, 2.05) is 0 Å². The smallest absolute Gasteiger partial charge is 0.0572 e. The lowest BCUT2D eigenvalue weighted by molar-refractivity contribution is -0.140. The Bertz CT molecular complexity index is 335. The summed E-state index contributed by atoms with van der Waals surface area (Å²) in [5, 5.41) is 0. The highest BCUT2D eigenvalue weighted by molar-refractivity contribution is 4.91. The van der Waals surface area contributed by atoms with Gasteiger partial charge in [0.15, 0.2) is 0 Å². The van der Waals surface area contributed by atoms with Crippen molar-refractivity contribution >= 4 is 0 Å². The van der Waals surface area contributed by atoms with Gasteiger partial charge in [-0.3, -0.25) is 0 Å². The van der Waals surface area contributed by atoms with Crippen molar-refractivity contribution in [3.63, 3.8) is 0 Å². The molecule has 0 aliphatic carbocycles. The molecule has 0 aliphatic rings. The first-order valence-electron chi connectivity index (χ1n) is 10.1. The summed E-state index contributed by atoms with van der Waals surface area (Å²) < 4.78 is 18.6. The van der Waals surface area contributed by atoms with Crippen LogP contribution in [0.3, 0.4) is 0 Å². The molecule has 0 aromatic heterocycles. The average Bonchev–Trinajstić information content (AvgIpc) is 2.31. The van der Waals surface area contributed by atoms with E-state index in [0.29, 0.717) is 19.8 Å². The second-order valence-electron chi connectivity index (χ2n) is 12.7. The molecule has 0 unspecified atom stereocenters. The fraction of sp³-hybridized carbons (Fsp3) is 1.00. The van der Waals surface area contributed by atoms with E-state index in [9.17, 15) is 0 Å². The molecule has 0 spiro atoms. The van der Waals surface area contributed by atoms with Crippen molar-refractivity contribution in [2.75, 3.05) is 39.6 Å². The number of hydrogen-bond donors (Lipinski definition) is 0. The molecule has 0 aromatic carbocycles. The summed E-state index contributed by atoms with van der Waals surface area (Å²) in [6, 6.07) is 0. The molecule has 0 saturated heterocycles. The Hall–Kier alpha value is -0.120. The summed E-state index contributed by atoms with van der Waals surface area (Å²) >= 11 is 0. The van der Waals surface area contributed by atoms with Crippen molar-refractivity contribution in [3.8, 4) is 0 Å². The standard InChI is InChI=1S/C23H48O3/c1-19(2,3)13-24-16-23(22(10,11)12,17-25-14-20(4,5)6)18-26-15-21(7,8)9/h13-18H2,1-12H3. The van der Waals surface area contributed by atoms with E-state index in [4.69, 9.17) is 14.2 Å². The van der Waals surface area contributed by atoms with Crippen molar-refractivity contribution in [2.24, 2.45) is 27.1 Å². The summed E-state index contributed by atoms with van der Waals surface area (Å²) in [6.07, 6.45) is 0. The average molecular weight is 373 g/mol. The van der Waals surface area contributed by atoms with Gasteiger partial charge < -0.3 is 14.2 Å². The molecule has 0 heterocycles. The quantitative estimate of drug-likeness (QED) is 0.482. The van der Waals surface area contributed by atoms with Crippen molar-refractivity contribution in [3.05, 3.63) is 0 Å². The van der Waals surface area contributed by atoms with Crippen molar-refractivity contribution in [1.82, 2.24) is 0 Å². The predicted molar refractivity (Wildman–Crippen MR) is 113 cm³/mol. The summed E-state index contributed by atoms with van der Waals surface area (Å²) in [5.41, 5.74) is 0.307. The minimum Gasteiger partial charge on any atom is -0.380 e. The Morgan fingerprint density at radius 3 is 0.769 bits per heavy atom. The zero-order chi connectivity index (χ0) is 20.9. The fourth-order valence-corrected chi connectivity index (χ4v) is 2.43. The molecule has 3 heteroatoms. The Morgan fingerprint density at radius 1 is 0.385 bits per heavy atom. The Morgan fingerprint density at radius 2 is 0.615 bits per heavy atom. The van der Waals surface area contributed by atoms with Gasteiger partial charge in [0.25, 0.3) is 0 Å². The summed E-state index contributed by atoms with van der Waals surface area (Å²) in [5.74, 6) is 0. The lowest BCUT2D eigenvalue weighted by atomic mass is 9.67. The molecule has 0 bridgehead atoms. The second-order valence-corrected chi connectivity index (χ2v) is 12.7. The maximum absolute atomic E-state index is 6.20. The van der Waals surface area contributed by atoms with Gasteiger partial charge in [0.1, 0.15) is 0 Å². The van der Waals surface area contributed by atoms with E-state index in [0.717, 1.165) is 19.8 Å². The molecular weight excluding hydrogens is 324 g/mol. The third-order valence-corrected chi connectivity index (χ3v) is 4.33. The minimum atomic E-state index is -0.172. The molecule has 158 valence electrons. The van der Waals surface area contributed by atoms with Gasteiger partial charge >= 0.3 is 0 Å². The molecule has 0 N–H and O–H groups in total. The fourth-order valence-electron chi connectivity index (χ4n) is 2.43. The zero-order valence-corrected chi connectivity index (χ0v) is 20.0. The molecule has 3 nitrogen and oxygen atoms in total. The lowest BCUT2D eigenvalue weighted by Crippen LogP contribution is -2.49. The van der Waals surface area contributed by atoms with E-state index in [2.05, 4.69) is 83.1 Å². The van der Waals surface area contributed by atoms with Crippen LogP contribution in [-0.4, -0.2) is 39.6 Å². The Balaban J connectivity index is 5.23. The normalized spacial score (nSPS) is 14.8. The molecular formula is C23H48O3. The van der Waals surface area contributed by atoms with Gasteiger partial charge in [-0.2, -0.15) is 0 Å². The highest BCUT2D eigenvalue weighted by atomic mass is 16.5. The van der Waals surface area contributed by atoms with Gasteiger partial charge in [0.2, 0.25) is 0 Å². The maximum Gasteiger partial charge on any atom is 0.0572 e. The van der Waals surface area contributed by atoms with Crippen LogP contribution < -0.4 is 0 Å². The van der Waals surface area contributed by atoms with Gasteiger partial charge in [0, 0.05) is 5.41 Å². The molecule has 0 amide bonds. The maximum atomic E-state index is 6.20. The van der Waals surface area contributed by atoms with Crippen LogP contribution in [0.2, 0.25) is 0 Å². The molecule has 0 atom stereocenters. The summed E-state index contributed by atoms with van der Waals surface area (Å²) in [6.45, 7) is 30.9. The van der Waals surface area contributed by atoms with E-state index in [-0.39, 0.29) is 27.1 Å². The summed E-state index contributed by atoms with van der Waals surface area (Å²) in [7, 11) is 0. The van der Waals surface area contributed by atoms with Crippen LogP contribution in [0.4, 0.5) is 0 Å². The lowest BCUT2D eigenvalue weighted by Gasteiger charge is -2.45. The highest BCUT2D eigenvalue weighted by Crippen LogP contribution is 2.41. The molecule has 0 aromatic rings. The first-order valence-corrected chi connectivity index (χ1v) is 10.1. The van der Waals surface area contributed by atoms with Crippen molar-refractivity contribution in [1.29, 1.82) is 0 Å². The molecule has 0 saturated carbocycles. The van der Waals surface area contributed by atoms with E-state index < -0.39 is 0 Å². The molecule has 0 rings (SSSR count). The number of rotatable bonds is 9. The molecule has 0 radical (unpaired) electrons. The highest BCUT2D eigenvalue weighted by Gasteiger charge is 2.43. The molecule has 0 aliphatic heterocycles. The topological polar surface area (TPSA) is 27.7 Å². The van der Waals surface area contributed by atoms with Crippen LogP contribution in [0, 0.1) is 27.1 Å². The Kier molecular flexibility index (Phi) is 9.34. The van der Waals surface area contributed by atoms with Crippen LogP contribution in [0.15, 0.2) is 0 Å². The number of ether oxygens (including phenoxy) is 3. The van der Waals surface area contributed by atoms with Gasteiger partial charge in [-0.1, -0.05) is 83.1 Å². The monoisotopic (exact) mass is 372 g/mol. The minimum absolute atomic E-state index is 0.0145. The second kappa shape index (κ2) is 9.39. The van der Waals surface area contributed by atoms with Gasteiger partial charge in [0.05, 0.1) is 39.6 Å². The van der Waals surface area contributed by atoms with E-state index in [1.165, 1.54) is 0 Å². The largest absolute Gasteiger partial charge is 0.380 e. The van der Waals surface area contributed by atoms with Gasteiger partial charge in [-0.05, 0) is 21.7 Å². The van der Waals surface area contributed by atoms with Crippen LogP contribution in [0.1, 0.15) is 83.1 Å². The van der Waals surface area contributed by atoms with Crippen LogP contribution >= 0.6 is 0 Å². The first-order chi connectivity index (χ1) is 11.4. The van der Waals surface area contributed by atoms with E-state index in [1.54, 1.807) is 0 Å². The SMILES string of the molecule is CC(C)(C)COCC(COCC(C)(C)C)(COCC(C)(C)C)C(C)(C)C. The van der Waals surface area contributed by atoms with Gasteiger partial charge in [-0.25, -0.2) is 0 Å². The number of hydrogen-bond acceptors (Lipinski definition) is 3. The van der Waals surface area contributed by atoms with Crippen LogP contribution in [-0.2, 0) is 14.2 Å². The predicted octanol–water partition coefficient (Wildman–Crippen LogP) is 6.21. The molecule has 26 heavy (non-hydrogen) atoms. The first kappa shape index (κ1) is 25.9. The van der Waals surface area contributed by atoms with Gasteiger partial charge in [-0.15, -0.1) is 0 Å². The van der Waals surface area contributed by atoms with Crippen molar-refractivity contribution < 1.29 is 14.2 Å². The Labute approximate surface area is 164 Å². The van der Waals surface area contributed by atoms with Crippen LogP contribution in [0.5, 0.6) is 0 Å². The third kappa shape index (κ3) is 11.6. The van der Waals surface area contributed by atoms with E-state index >= 15 is 0 Å². The van der Waals surface area contributed by atoms with Crippen LogP contribution in [0.25, 0.3) is 0 Å². The third-order valence-electron chi connectivity index (χ3n) is 4.33.